The first-order chi connectivity index (χ1) is 7.12. The summed E-state index contributed by atoms with van der Waals surface area (Å²) in [6, 6.07) is 0. The Labute approximate surface area is 86.9 Å². The monoisotopic (exact) mass is 254 g/mol. The molecule has 0 bridgehead atoms. The van der Waals surface area contributed by atoms with E-state index in [0.717, 1.165) is 0 Å². The van der Waals surface area contributed by atoms with Crippen LogP contribution in [-0.4, -0.2) is 31.0 Å². The van der Waals surface area contributed by atoms with E-state index in [-0.39, 0.29) is 0 Å². The van der Waals surface area contributed by atoms with Gasteiger partial charge >= 0.3 is 17.8 Å². The van der Waals surface area contributed by atoms with Crippen molar-refractivity contribution in [3.63, 3.8) is 0 Å². The second kappa shape index (κ2) is 4.92. The summed E-state index contributed by atoms with van der Waals surface area (Å²) in [6.07, 6.45) is -0.969. The van der Waals surface area contributed by atoms with Crippen molar-refractivity contribution >= 4 is 0 Å². The van der Waals surface area contributed by atoms with Crippen molar-refractivity contribution < 1.29 is 35.5 Å². The van der Waals surface area contributed by atoms with Crippen molar-refractivity contribution in [1.29, 1.82) is 0 Å². The van der Waals surface area contributed by atoms with E-state index in [0.29, 0.717) is 6.26 Å². The zero-order chi connectivity index (χ0) is 13.0. The Kier molecular flexibility index (Phi) is 4.63. The molecule has 8 heteroatoms. The van der Waals surface area contributed by atoms with Gasteiger partial charge in [0.15, 0.2) is 6.67 Å². The summed E-state index contributed by atoms with van der Waals surface area (Å²) in [7, 11) is 0. The summed E-state index contributed by atoms with van der Waals surface area (Å²) in [6.45, 7) is -0.841. The minimum atomic E-state index is -5.76. The van der Waals surface area contributed by atoms with Crippen LogP contribution in [0.5, 0.6) is 0 Å². The molecular formula is C8H9F7O. The summed E-state index contributed by atoms with van der Waals surface area (Å²) >= 11 is 0. The molecule has 0 radical (unpaired) electrons. The van der Waals surface area contributed by atoms with Crippen molar-refractivity contribution in [2.45, 2.75) is 24.2 Å². The number of alkyl halides is 7. The van der Waals surface area contributed by atoms with Crippen LogP contribution in [-0.2, 0) is 4.74 Å². The van der Waals surface area contributed by atoms with Crippen LogP contribution in [0.1, 0.15) is 6.42 Å². The maximum Gasteiger partial charge on any atom is 0.374 e. The van der Waals surface area contributed by atoms with Gasteiger partial charge in [0.05, 0.1) is 19.3 Å². The number of hydrogen-bond acceptors (Lipinski definition) is 1. The van der Waals surface area contributed by atoms with Crippen LogP contribution in [0, 0.1) is 0 Å². The predicted octanol–water partition coefficient (Wildman–Crippen LogP) is 3.41. The first-order valence-corrected chi connectivity index (χ1v) is 4.04. The van der Waals surface area contributed by atoms with Gasteiger partial charge in [0, 0.05) is 0 Å². The molecule has 0 aliphatic heterocycles. The molecule has 0 rings (SSSR count). The second-order valence-corrected chi connectivity index (χ2v) is 2.90. The molecule has 0 atom stereocenters. The molecule has 0 aromatic heterocycles. The number of ether oxygens (including phenoxy) is 1. The maximum atomic E-state index is 12.7. The lowest BCUT2D eigenvalue weighted by atomic mass is 10.0. The van der Waals surface area contributed by atoms with Crippen molar-refractivity contribution in [2.75, 3.05) is 13.3 Å². The molecule has 0 heterocycles. The van der Waals surface area contributed by atoms with Crippen LogP contribution in [0.2, 0.25) is 0 Å². The lowest BCUT2D eigenvalue weighted by Crippen LogP contribution is -2.55. The Hall–Kier alpha value is -0.950. The van der Waals surface area contributed by atoms with E-state index in [1.54, 1.807) is 0 Å². The molecule has 0 saturated carbocycles. The molecule has 0 aromatic rings. The zero-order valence-corrected chi connectivity index (χ0v) is 7.96. The van der Waals surface area contributed by atoms with Crippen LogP contribution in [0.15, 0.2) is 12.8 Å². The van der Waals surface area contributed by atoms with Gasteiger partial charge < -0.3 is 4.74 Å². The third-order valence-electron chi connectivity index (χ3n) is 1.74. The van der Waals surface area contributed by atoms with Gasteiger partial charge in [0.2, 0.25) is 0 Å². The number of rotatable bonds is 7. The van der Waals surface area contributed by atoms with E-state index in [2.05, 4.69) is 11.3 Å². The molecule has 16 heavy (non-hydrogen) atoms. The SMILES string of the molecule is C=COCCC(F)(F)C(F)(F)C(F)(F)CF. The minimum Gasteiger partial charge on any atom is -0.502 e. The molecule has 1 nitrogen and oxygen atoms in total. The van der Waals surface area contributed by atoms with E-state index < -0.39 is 37.5 Å². The fourth-order valence-electron chi connectivity index (χ4n) is 0.779. The zero-order valence-electron chi connectivity index (χ0n) is 7.96. The molecule has 0 saturated heterocycles. The van der Waals surface area contributed by atoms with Gasteiger partial charge in [-0.05, 0) is 0 Å². The second-order valence-electron chi connectivity index (χ2n) is 2.90. The summed E-state index contributed by atoms with van der Waals surface area (Å²) in [5, 5.41) is 0. The van der Waals surface area contributed by atoms with E-state index in [1.807, 2.05) is 0 Å². The normalized spacial score (nSPS) is 13.7. The van der Waals surface area contributed by atoms with E-state index in [1.165, 1.54) is 0 Å². The highest BCUT2D eigenvalue weighted by Gasteiger charge is 2.71. The van der Waals surface area contributed by atoms with Crippen LogP contribution in [0.25, 0.3) is 0 Å². The Bertz CT molecular complexity index is 239. The fourth-order valence-corrected chi connectivity index (χ4v) is 0.779. The molecule has 96 valence electrons. The van der Waals surface area contributed by atoms with Gasteiger partial charge in [-0.15, -0.1) is 0 Å². The summed E-state index contributed by atoms with van der Waals surface area (Å²) in [4.78, 5) is 0. The first kappa shape index (κ1) is 15.0. The highest BCUT2D eigenvalue weighted by molar-refractivity contribution is 4.96. The standard InChI is InChI=1S/C8H9F7O/c1-2-16-4-3-6(10,11)8(14,15)7(12,13)5-9/h2H,1,3-5H2. The molecule has 0 amide bonds. The largest absolute Gasteiger partial charge is 0.502 e. The fraction of sp³-hybridized carbons (Fsp3) is 0.750. The van der Waals surface area contributed by atoms with Crippen LogP contribution in [0.3, 0.4) is 0 Å². The topological polar surface area (TPSA) is 9.23 Å². The minimum absolute atomic E-state index is 0.696. The summed E-state index contributed by atoms with van der Waals surface area (Å²) < 4.78 is 90.8. The van der Waals surface area contributed by atoms with Gasteiger partial charge in [-0.25, -0.2) is 4.39 Å². The van der Waals surface area contributed by atoms with Crippen LogP contribution in [0.4, 0.5) is 30.7 Å². The smallest absolute Gasteiger partial charge is 0.374 e. The maximum absolute atomic E-state index is 12.7. The number of halogens is 7. The van der Waals surface area contributed by atoms with Gasteiger partial charge in [-0.2, -0.15) is 26.3 Å². The highest BCUT2D eigenvalue weighted by atomic mass is 19.3. The Morgan fingerprint density at radius 2 is 1.50 bits per heavy atom. The molecule has 0 spiro atoms. The highest BCUT2D eigenvalue weighted by Crippen LogP contribution is 2.47. The van der Waals surface area contributed by atoms with Gasteiger partial charge in [-0.3, -0.25) is 0 Å². The van der Waals surface area contributed by atoms with Crippen LogP contribution >= 0.6 is 0 Å². The molecule has 0 aliphatic rings. The summed E-state index contributed by atoms with van der Waals surface area (Å²) in [5.74, 6) is -16.2. The number of hydrogen-bond donors (Lipinski definition) is 0. The van der Waals surface area contributed by atoms with Gasteiger partial charge in [0.1, 0.15) is 0 Å². The van der Waals surface area contributed by atoms with Crippen molar-refractivity contribution in [3.8, 4) is 0 Å². The third-order valence-corrected chi connectivity index (χ3v) is 1.74. The van der Waals surface area contributed by atoms with E-state index >= 15 is 0 Å². The molecule has 0 aromatic carbocycles. The Morgan fingerprint density at radius 1 is 1.00 bits per heavy atom. The Balaban J connectivity index is 4.76. The molecule has 0 aliphatic carbocycles. The third kappa shape index (κ3) is 2.79. The average Bonchev–Trinajstić information content (AvgIpc) is 2.17. The lowest BCUT2D eigenvalue weighted by Gasteiger charge is -2.31. The Morgan fingerprint density at radius 3 is 1.88 bits per heavy atom. The van der Waals surface area contributed by atoms with Crippen molar-refractivity contribution in [2.24, 2.45) is 0 Å². The average molecular weight is 254 g/mol. The summed E-state index contributed by atoms with van der Waals surface area (Å²) in [5.41, 5.74) is 0. The molecule has 0 unspecified atom stereocenters. The van der Waals surface area contributed by atoms with Gasteiger partial charge in [0.25, 0.3) is 0 Å². The molecular weight excluding hydrogens is 245 g/mol. The van der Waals surface area contributed by atoms with E-state index in [4.69, 9.17) is 0 Å². The quantitative estimate of drug-likeness (QED) is 0.384. The van der Waals surface area contributed by atoms with Crippen molar-refractivity contribution in [3.05, 3.63) is 12.8 Å². The first-order valence-electron chi connectivity index (χ1n) is 4.04. The molecule has 0 N–H and O–H groups in total. The molecule has 0 fully saturated rings. The van der Waals surface area contributed by atoms with Gasteiger partial charge in [-0.1, -0.05) is 6.58 Å². The predicted molar refractivity (Wildman–Crippen MR) is 41.6 cm³/mol. The van der Waals surface area contributed by atoms with Crippen molar-refractivity contribution in [1.82, 2.24) is 0 Å². The lowest BCUT2D eigenvalue weighted by molar-refractivity contribution is -0.314. The van der Waals surface area contributed by atoms with E-state index in [9.17, 15) is 30.7 Å². The van der Waals surface area contributed by atoms with Crippen LogP contribution < -0.4 is 0 Å².